The van der Waals surface area contributed by atoms with Crippen LogP contribution in [0.3, 0.4) is 0 Å². The largest absolute Gasteiger partial charge is 0.460 e. The van der Waals surface area contributed by atoms with E-state index < -0.39 is 18.1 Å². The Bertz CT molecular complexity index is 345. The van der Waals surface area contributed by atoms with Gasteiger partial charge in [-0.2, -0.15) is 0 Å². The summed E-state index contributed by atoms with van der Waals surface area (Å²) >= 11 is 0. The van der Waals surface area contributed by atoms with Gasteiger partial charge in [-0.05, 0) is 12.0 Å². The van der Waals surface area contributed by atoms with Crippen LogP contribution in [0.5, 0.6) is 0 Å². The highest BCUT2D eigenvalue weighted by molar-refractivity contribution is 5.85. The van der Waals surface area contributed by atoms with Crippen LogP contribution in [-0.4, -0.2) is 23.2 Å². The first-order valence-corrected chi connectivity index (χ1v) is 5.79. The lowest BCUT2D eigenvalue weighted by Gasteiger charge is -2.16. The third-order valence-corrected chi connectivity index (χ3v) is 2.50. The molecule has 0 bridgehead atoms. The molecule has 3 N–H and O–H groups in total. The van der Waals surface area contributed by atoms with Gasteiger partial charge in [-0.15, -0.1) is 12.4 Å². The molecule has 0 aliphatic carbocycles. The van der Waals surface area contributed by atoms with Gasteiger partial charge < -0.3 is 15.6 Å². The lowest BCUT2D eigenvalue weighted by atomic mass is 10.1. The molecule has 0 saturated heterocycles. The van der Waals surface area contributed by atoms with Crippen molar-refractivity contribution in [2.45, 2.75) is 38.5 Å². The number of benzene rings is 1. The number of carbonyl (C=O) groups is 1. The topological polar surface area (TPSA) is 72.5 Å². The summed E-state index contributed by atoms with van der Waals surface area (Å²) < 4.78 is 5.03. The van der Waals surface area contributed by atoms with Crippen LogP contribution in [0.1, 0.15) is 25.3 Å². The Morgan fingerprint density at radius 3 is 2.56 bits per heavy atom. The van der Waals surface area contributed by atoms with Crippen LogP contribution in [0.2, 0.25) is 0 Å². The molecule has 0 aliphatic rings. The molecular weight excluding hydrogens is 254 g/mol. The molecule has 1 aromatic rings. The van der Waals surface area contributed by atoms with Crippen molar-refractivity contribution in [3.05, 3.63) is 35.9 Å². The molecule has 0 spiro atoms. The van der Waals surface area contributed by atoms with Gasteiger partial charge in [0, 0.05) is 0 Å². The second kappa shape index (κ2) is 8.91. The third kappa shape index (κ3) is 5.49. The van der Waals surface area contributed by atoms with E-state index >= 15 is 0 Å². The standard InChI is InChI=1S/C13H19NO3.ClH/c1-2-6-11(15)12(14)13(16)17-9-10-7-4-3-5-8-10;/h3-5,7-8,11-12,15H,2,6,9,14H2,1H3;1H/t11-,12-;/m0./s1. The zero-order valence-electron chi connectivity index (χ0n) is 10.4. The van der Waals surface area contributed by atoms with Crippen molar-refractivity contribution in [1.29, 1.82) is 0 Å². The van der Waals surface area contributed by atoms with Gasteiger partial charge in [0.05, 0.1) is 6.10 Å². The van der Waals surface area contributed by atoms with E-state index in [-0.39, 0.29) is 19.0 Å². The van der Waals surface area contributed by atoms with Gasteiger partial charge in [0.1, 0.15) is 12.6 Å². The quantitative estimate of drug-likeness (QED) is 0.773. The summed E-state index contributed by atoms with van der Waals surface area (Å²) in [7, 11) is 0. The first-order chi connectivity index (χ1) is 8.15. The van der Waals surface area contributed by atoms with Crippen LogP contribution in [0, 0.1) is 0 Å². The molecule has 0 aromatic heterocycles. The van der Waals surface area contributed by atoms with Gasteiger partial charge in [0.25, 0.3) is 0 Å². The van der Waals surface area contributed by atoms with Crippen molar-refractivity contribution < 1.29 is 14.6 Å². The fourth-order valence-corrected chi connectivity index (χ4v) is 1.46. The highest BCUT2D eigenvalue weighted by Gasteiger charge is 2.23. The molecule has 0 radical (unpaired) electrons. The molecule has 18 heavy (non-hydrogen) atoms. The number of hydrogen-bond acceptors (Lipinski definition) is 4. The summed E-state index contributed by atoms with van der Waals surface area (Å²) in [5.41, 5.74) is 6.49. The van der Waals surface area contributed by atoms with Crippen molar-refractivity contribution in [1.82, 2.24) is 0 Å². The first-order valence-electron chi connectivity index (χ1n) is 5.79. The van der Waals surface area contributed by atoms with Crippen LogP contribution < -0.4 is 5.73 Å². The Hall–Kier alpha value is -1.10. The van der Waals surface area contributed by atoms with E-state index in [0.717, 1.165) is 12.0 Å². The molecule has 1 rings (SSSR count). The van der Waals surface area contributed by atoms with E-state index in [1.54, 1.807) is 0 Å². The highest BCUT2D eigenvalue weighted by atomic mass is 35.5. The molecule has 0 amide bonds. The summed E-state index contributed by atoms with van der Waals surface area (Å²) in [5, 5.41) is 9.56. The molecule has 0 heterocycles. The van der Waals surface area contributed by atoms with Gasteiger partial charge >= 0.3 is 5.97 Å². The number of ether oxygens (including phenoxy) is 1. The average molecular weight is 274 g/mol. The van der Waals surface area contributed by atoms with Crippen molar-refractivity contribution in [2.75, 3.05) is 0 Å². The predicted octanol–water partition coefficient (Wildman–Crippen LogP) is 1.64. The molecule has 0 fully saturated rings. The van der Waals surface area contributed by atoms with E-state index in [2.05, 4.69) is 0 Å². The summed E-state index contributed by atoms with van der Waals surface area (Å²) in [4.78, 5) is 11.5. The maximum Gasteiger partial charge on any atom is 0.325 e. The van der Waals surface area contributed by atoms with Crippen LogP contribution in [-0.2, 0) is 16.1 Å². The van der Waals surface area contributed by atoms with Crippen LogP contribution in [0.15, 0.2) is 30.3 Å². The molecule has 1 aromatic carbocycles. The fraction of sp³-hybridized carbons (Fsp3) is 0.462. The minimum atomic E-state index is -0.960. The fourth-order valence-electron chi connectivity index (χ4n) is 1.46. The van der Waals surface area contributed by atoms with E-state index in [4.69, 9.17) is 10.5 Å². The monoisotopic (exact) mass is 273 g/mol. The summed E-state index contributed by atoms with van der Waals surface area (Å²) in [6.07, 6.45) is 0.450. The smallest absolute Gasteiger partial charge is 0.325 e. The Balaban J connectivity index is 0.00000289. The predicted molar refractivity (Wildman–Crippen MR) is 72.4 cm³/mol. The van der Waals surface area contributed by atoms with Gasteiger partial charge in [0.2, 0.25) is 0 Å². The minimum Gasteiger partial charge on any atom is -0.460 e. The maximum absolute atomic E-state index is 11.5. The number of esters is 1. The number of aliphatic hydroxyl groups excluding tert-OH is 1. The number of aliphatic hydroxyl groups is 1. The van der Waals surface area contributed by atoms with Gasteiger partial charge in [-0.25, -0.2) is 0 Å². The van der Waals surface area contributed by atoms with Crippen molar-refractivity contribution >= 4 is 18.4 Å². The Morgan fingerprint density at radius 2 is 2.00 bits per heavy atom. The van der Waals surface area contributed by atoms with Crippen molar-refractivity contribution in [2.24, 2.45) is 5.73 Å². The van der Waals surface area contributed by atoms with E-state index in [1.165, 1.54) is 0 Å². The molecule has 5 heteroatoms. The lowest BCUT2D eigenvalue weighted by Crippen LogP contribution is -2.42. The molecule has 4 nitrogen and oxygen atoms in total. The molecule has 2 atom stereocenters. The van der Waals surface area contributed by atoms with Gasteiger partial charge in [-0.1, -0.05) is 43.7 Å². The zero-order chi connectivity index (χ0) is 12.7. The Morgan fingerprint density at radius 1 is 1.39 bits per heavy atom. The Labute approximate surface area is 114 Å². The number of carbonyl (C=O) groups excluding carboxylic acids is 1. The zero-order valence-corrected chi connectivity index (χ0v) is 11.2. The van der Waals surface area contributed by atoms with E-state index in [0.29, 0.717) is 6.42 Å². The van der Waals surface area contributed by atoms with E-state index in [1.807, 2.05) is 37.3 Å². The van der Waals surface area contributed by atoms with Crippen LogP contribution >= 0.6 is 12.4 Å². The molecule has 0 saturated carbocycles. The summed E-state index contributed by atoms with van der Waals surface area (Å²) in [6, 6.07) is 8.40. The van der Waals surface area contributed by atoms with Gasteiger partial charge in [-0.3, -0.25) is 4.79 Å². The summed E-state index contributed by atoms with van der Waals surface area (Å²) in [5.74, 6) is -0.560. The first kappa shape index (κ1) is 16.9. The van der Waals surface area contributed by atoms with Crippen LogP contribution in [0.25, 0.3) is 0 Å². The average Bonchev–Trinajstić information content (AvgIpc) is 2.36. The third-order valence-electron chi connectivity index (χ3n) is 2.50. The second-order valence-corrected chi connectivity index (χ2v) is 3.98. The lowest BCUT2D eigenvalue weighted by molar-refractivity contribution is -0.149. The minimum absolute atomic E-state index is 0. The summed E-state index contributed by atoms with van der Waals surface area (Å²) in [6.45, 7) is 2.11. The maximum atomic E-state index is 11.5. The van der Waals surface area contributed by atoms with Crippen molar-refractivity contribution in [3.63, 3.8) is 0 Å². The van der Waals surface area contributed by atoms with Crippen molar-refractivity contribution in [3.8, 4) is 0 Å². The Kier molecular flexibility index (Phi) is 8.37. The number of rotatable bonds is 6. The SMILES string of the molecule is CCC[C@H](O)[C@H](N)C(=O)OCc1ccccc1.Cl. The number of hydrogen-bond donors (Lipinski definition) is 2. The molecular formula is C13H20ClNO3. The number of halogens is 1. The van der Waals surface area contributed by atoms with Crippen LogP contribution in [0.4, 0.5) is 0 Å². The molecule has 0 unspecified atom stereocenters. The second-order valence-electron chi connectivity index (χ2n) is 3.98. The normalized spacial score (nSPS) is 13.3. The van der Waals surface area contributed by atoms with E-state index in [9.17, 15) is 9.90 Å². The highest BCUT2D eigenvalue weighted by Crippen LogP contribution is 2.05. The molecule has 0 aliphatic heterocycles. The molecule has 102 valence electrons. The van der Waals surface area contributed by atoms with Gasteiger partial charge in [0.15, 0.2) is 0 Å². The number of nitrogens with two attached hydrogens (primary N) is 1.